The van der Waals surface area contributed by atoms with E-state index in [0.717, 1.165) is 10.5 Å². The summed E-state index contributed by atoms with van der Waals surface area (Å²) in [4.78, 5) is 24.7. The maximum absolute atomic E-state index is 12.9. The Morgan fingerprint density at radius 2 is 1.68 bits per heavy atom. The maximum atomic E-state index is 12.9. The van der Waals surface area contributed by atoms with Crippen molar-refractivity contribution >= 4 is 29.6 Å². The van der Waals surface area contributed by atoms with Gasteiger partial charge < -0.3 is 5.32 Å². The molecule has 2 rings (SSSR count). The van der Waals surface area contributed by atoms with Crippen LogP contribution in [-0.4, -0.2) is 16.2 Å². The molecule has 2 aromatic rings. The average Bonchev–Trinajstić information content (AvgIpc) is 2.48. The first-order valence-corrected chi connectivity index (χ1v) is 7.03. The molecule has 0 radical (unpaired) electrons. The third-order valence-electron chi connectivity index (χ3n) is 3.03. The zero-order chi connectivity index (χ0) is 16.1. The number of hydrogen-bond acceptors (Lipinski definition) is 2. The number of nitrogens with one attached hydrogen (secondary N) is 1. The van der Waals surface area contributed by atoms with Crippen LogP contribution in [0, 0.1) is 12.7 Å². The number of urea groups is 1. The Morgan fingerprint density at radius 1 is 1.09 bits per heavy atom. The molecule has 3 amide bonds. The van der Waals surface area contributed by atoms with Crippen LogP contribution < -0.4 is 5.32 Å². The fraction of sp³-hybridized carbons (Fsp3) is 0.125. The molecule has 2 aromatic carbocycles. The van der Waals surface area contributed by atoms with Crippen molar-refractivity contribution in [1.29, 1.82) is 0 Å². The average molecular weight is 318 g/mol. The molecule has 0 aliphatic heterocycles. The van der Waals surface area contributed by atoms with Gasteiger partial charge in [-0.05, 0) is 36.8 Å². The molecule has 0 saturated heterocycles. The number of benzene rings is 2. The van der Waals surface area contributed by atoms with Gasteiger partial charge >= 0.3 is 6.03 Å². The van der Waals surface area contributed by atoms with Gasteiger partial charge in [0.25, 0.3) is 5.24 Å². The predicted octanol–water partition coefficient (Wildman–Crippen LogP) is 4.22. The Morgan fingerprint density at radius 3 is 2.23 bits per heavy atom. The standard InChI is InChI=1S/C16H15FN2O2S/c1-11-2-8-14(9-3-11)18-15(20)19(16(21)22)10-12-4-6-13(17)7-5-12/h2-9H,10H2,1H3,(H,18,20)(H,21,22). The molecule has 0 spiro atoms. The van der Waals surface area contributed by atoms with Crippen LogP contribution in [0.25, 0.3) is 0 Å². The summed E-state index contributed by atoms with van der Waals surface area (Å²) >= 11 is 3.72. The Kier molecular flexibility index (Phi) is 5.16. The number of halogens is 1. The number of thiol groups is 1. The van der Waals surface area contributed by atoms with Gasteiger partial charge in [-0.3, -0.25) is 9.69 Å². The molecule has 0 fully saturated rings. The van der Waals surface area contributed by atoms with Crippen molar-refractivity contribution in [3.05, 3.63) is 65.5 Å². The van der Waals surface area contributed by atoms with Crippen molar-refractivity contribution in [2.75, 3.05) is 5.32 Å². The van der Waals surface area contributed by atoms with E-state index in [-0.39, 0.29) is 12.4 Å². The van der Waals surface area contributed by atoms with Crippen molar-refractivity contribution in [1.82, 2.24) is 4.90 Å². The Labute approximate surface area is 133 Å². The molecule has 0 aliphatic rings. The van der Waals surface area contributed by atoms with Crippen LogP contribution in [0.2, 0.25) is 0 Å². The van der Waals surface area contributed by atoms with Crippen LogP contribution in [0.4, 0.5) is 19.7 Å². The molecule has 0 aromatic heterocycles. The van der Waals surface area contributed by atoms with Gasteiger partial charge in [0.2, 0.25) is 0 Å². The van der Waals surface area contributed by atoms with E-state index in [9.17, 15) is 14.0 Å². The summed E-state index contributed by atoms with van der Waals surface area (Å²) in [5.41, 5.74) is 2.27. The number of amides is 3. The third kappa shape index (κ3) is 4.33. The molecular formula is C16H15FN2O2S. The lowest BCUT2D eigenvalue weighted by atomic mass is 10.2. The Balaban J connectivity index is 2.09. The van der Waals surface area contributed by atoms with Crippen LogP contribution >= 0.6 is 12.6 Å². The summed E-state index contributed by atoms with van der Waals surface area (Å²) in [5.74, 6) is -0.378. The van der Waals surface area contributed by atoms with E-state index in [4.69, 9.17) is 0 Å². The van der Waals surface area contributed by atoms with Crippen LogP contribution in [0.1, 0.15) is 11.1 Å². The summed E-state index contributed by atoms with van der Waals surface area (Å²) in [6, 6.07) is 12.2. The second kappa shape index (κ2) is 7.09. The number of carbonyl (C=O) groups excluding carboxylic acids is 2. The van der Waals surface area contributed by atoms with Crippen molar-refractivity contribution in [2.24, 2.45) is 0 Å². The topological polar surface area (TPSA) is 49.4 Å². The lowest BCUT2D eigenvalue weighted by Gasteiger charge is -2.19. The fourth-order valence-electron chi connectivity index (χ4n) is 1.83. The first-order valence-electron chi connectivity index (χ1n) is 6.58. The van der Waals surface area contributed by atoms with Crippen molar-refractivity contribution in [3.63, 3.8) is 0 Å². The quantitative estimate of drug-likeness (QED) is 0.833. The van der Waals surface area contributed by atoms with E-state index in [1.54, 1.807) is 12.1 Å². The van der Waals surface area contributed by atoms with Gasteiger partial charge in [-0.1, -0.05) is 42.5 Å². The number of carbonyl (C=O) groups is 2. The van der Waals surface area contributed by atoms with Crippen molar-refractivity contribution in [3.8, 4) is 0 Å². The van der Waals surface area contributed by atoms with Crippen molar-refractivity contribution < 1.29 is 14.0 Å². The maximum Gasteiger partial charge on any atom is 0.329 e. The van der Waals surface area contributed by atoms with Gasteiger partial charge in [-0.15, -0.1) is 0 Å². The van der Waals surface area contributed by atoms with E-state index in [1.807, 2.05) is 19.1 Å². The molecule has 4 nitrogen and oxygen atoms in total. The molecule has 0 saturated carbocycles. The SMILES string of the molecule is Cc1ccc(NC(=O)N(Cc2ccc(F)cc2)C(=O)S)cc1. The summed E-state index contributed by atoms with van der Waals surface area (Å²) in [5, 5.41) is 1.94. The minimum atomic E-state index is -0.686. The largest absolute Gasteiger partial charge is 0.329 e. The zero-order valence-corrected chi connectivity index (χ0v) is 12.8. The molecule has 0 atom stereocenters. The molecule has 0 bridgehead atoms. The number of nitrogens with zero attached hydrogens (tertiary/aromatic N) is 1. The smallest absolute Gasteiger partial charge is 0.307 e. The molecule has 6 heteroatoms. The highest BCUT2D eigenvalue weighted by Crippen LogP contribution is 2.13. The molecule has 0 heterocycles. The summed E-state index contributed by atoms with van der Waals surface area (Å²) < 4.78 is 12.9. The van der Waals surface area contributed by atoms with Crippen LogP contribution in [0.15, 0.2) is 48.5 Å². The minimum absolute atomic E-state index is 0.0142. The van der Waals surface area contributed by atoms with Gasteiger partial charge in [-0.2, -0.15) is 0 Å². The van der Waals surface area contributed by atoms with Crippen LogP contribution in [-0.2, 0) is 6.54 Å². The molecule has 0 aliphatic carbocycles. The Bertz CT molecular complexity index is 672. The summed E-state index contributed by atoms with van der Waals surface area (Å²) in [6.07, 6.45) is 0. The van der Waals surface area contributed by atoms with Crippen molar-refractivity contribution in [2.45, 2.75) is 13.5 Å². The third-order valence-corrected chi connectivity index (χ3v) is 3.27. The second-order valence-corrected chi connectivity index (χ2v) is 5.17. The Hall–Kier alpha value is -2.34. The number of rotatable bonds is 3. The monoisotopic (exact) mass is 318 g/mol. The van der Waals surface area contributed by atoms with E-state index < -0.39 is 11.3 Å². The van der Waals surface area contributed by atoms with Crippen LogP contribution in [0.3, 0.4) is 0 Å². The lowest BCUT2D eigenvalue weighted by molar-refractivity contribution is 0.207. The fourth-order valence-corrected chi connectivity index (χ4v) is 1.99. The minimum Gasteiger partial charge on any atom is -0.307 e. The number of imide groups is 1. The van der Waals surface area contributed by atoms with Gasteiger partial charge in [0.1, 0.15) is 5.82 Å². The van der Waals surface area contributed by atoms with E-state index in [1.165, 1.54) is 24.3 Å². The normalized spacial score (nSPS) is 10.1. The number of anilines is 1. The second-order valence-electron chi connectivity index (χ2n) is 4.79. The summed E-state index contributed by atoms with van der Waals surface area (Å²) in [7, 11) is 0. The lowest BCUT2D eigenvalue weighted by Crippen LogP contribution is -2.36. The van der Waals surface area contributed by atoms with Crippen LogP contribution in [0.5, 0.6) is 0 Å². The molecule has 22 heavy (non-hydrogen) atoms. The highest BCUT2D eigenvalue weighted by Gasteiger charge is 2.19. The number of hydrogen-bond donors (Lipinski definition) is 2. The summed E-state index contributed by atoms with van der Waals surface area (Å²) in [6.45, 7) is 1.95. The van der Waals surface area contributed by atoms with E-state index >= 15 is 0 Å². The first kappa shape index (κ1) is 16.0. The van der Waals surface area contributed by atoms with E-state index in [0.29, 0.717) is 11.3 Å². The zero-order valence-electron chi connectivity index (χ0n) is 11.9. The highest BCUT2D eigenvalue weighted by molar-refractivity contribution is 7.96. The van der Waals surface area contributed by atoms with Gasteiger partial charge in [0.05, 0.1) is 6.54 Å². The van der Waals surface area contributed by atoms with Gasteiger partial charge in [-0.25, -0.2) is 9.18 Å². The van der Waals surface area contributed by atoms with Gasteiger partial charge in [0.15, 0.2) is 0 Å². The predicted molar refractivity (Wildman–Crippen MR) is 86.5 cm³/mol. The molecule has 1 N–H and O–H groups in total. The number of aryl methyl sites for hydroxylation is 1. The first-order chi connectivity index (χ1) is 10.5. The highest BCUT2D eigenvalue weighted by atomic mass is 32.1. The molecule has 114 valence electrons. The van der Waals surface area contributed by atoms with Gasteiger partial charge in [0, 0.05) is 5.69 Å². The van der Waals surface area contributed by atoms with E-state index in [2.05, 4.69) is 17.9 Å². The molecular weight excluding hydrogens is 303 g/mol. The molecule has 0 unspecified atom stereocenters.